The first-order chi connectivity index (χ1) is 12.4. The highest BCUT2D eigenvalue weighted by atomic mass is 16.5. The van der Waals surface area contributed by atoms with Crippen LogP contribution in [-0.4, -0.2) is 22.2 Å². The summed E-state index contributed by atoms with van der Waals surface area (Å²) < 4.78 is 6.48. The number of pyridine rings is 1. The lowest BCUT2D eigenvalue weighted by atomic mass is 9.80. The van der Waals surface area contributed by atoms with Crippen LogP contribution in [0.4, 0.5) is 5.82 Å². The molecule has 0 saturated heterocycles. The molecule has 0 aliphatic heterocycles. The first kappa shape index (κ1) is 18.0. The van der Waals surface area contributed by atoms with Gasteiger partial charge in [0, 0.05) is 11.1 Å². The summed E-state index contributed by atoms with van der Waals surface area (Å²) in [4.78, 5) is 25.6. The summed E-state index contributed by atoms with van der Waals surface area (Å²) in [6.45, 7) is 5.51. The first-order valence-electron chi connectivity index (χ1n) is 8.88. The molecule has 1 fully saturated rings. The van der Waals surface area contributed by atoms with E-state index >= 15 is 0 Å². The van der Waals surface area contributed by atoms with Gasteiger partial charge in [-0.05, 0) is 57.2 Å². The second kappa shape index (κ2) is 6.86. The Kier molecular flexibility index (Phi) is 4.76. The van der Waals surface area contributed by atoms with E-state index in [0.717, 1.165) is 24.8 Å². The number of nitrogen functional groups attached to an aromatic ring is 1. The number of aromatic nitrogens is 1. The normalized spacial score (nSPS) is 14.1. The molecule has 0 atom stereocenters. The maximum absolute atomic E-state index is 13.2. The minimum absolute atomic E-state index is 0.0355. The van der Waals surface area contributed by atoms with Gasteiger partial charge < -0.3 is 15.6 Å². The topological polar surface area (TPSA) is 94.5 Å². The molecule has 1 aliphatic carbocycles. The molecule has 2 aromatic rings. The van der Waals surface area contributed by atoms with Gasteiger partial charge in [0.1, 0.15) is 17.1 Å². The molecule has 6 heteroatoms. The third-order valence-electron chi connectivity index (χ3n) is 5.13. The number of hydrogen-bond acceptors (Lipinski definition) is 5. The number of rotatable bonds is 4. The number of carbonyl (C=O) groups is 1. The Bertz CT molecular complexity index is 926. The fraction of sp³-hybridized carbons (Fsp3) is 0.400. The van der Waals surface area contributed by atoms with Crippen molar-refractivity contribution >= 4 is 11.8 Å². The molecule has 0 amide bonds. The molecule has 138 valence electrons. The van der Waals surface area contributed by atoms with Gasteiger partial charge in [-0.15, -0.1) is 0 Å². The molecular formula is C20H24N2O4. The standard InChI is InChI=1S/C20H24N2O4/c1-4-26-20(25)15-10-14(13-6-5-7-13)19(24)22(18(15)21)17-11(2)8-9-16(23)12(17)3/h8-10,13,23H,4-7,21H2,1-3H3. The number of anilines is 1. The SMILES string of the molecule is CCOC(=O)c1cc(C2CCC2)c(=O)n(-c2c(C)ccc(O)c2C)c1N. The zero-order chi connectivity index (χ0) is 19.0. The van der Waals surface area contributed by atoms with E-state index in [-0.39, 0.29) is 35.2 Å². The highest BCUT2D eigenvalue weighted by Crippen LogP contribution is 2.37. The highest BCUT2D eigenvalue weighted by Gasteiger charge is 2.28. The van der Waals surface area contributed by atoms with Gasteiger partial charge in [0.2, 0.25) is 0 Å². The van der Waals surface area contributed by atoms with E-state index in [1.807, 2.05) is 6.92 Å². The summed E-state index contributed by atoms with van der Waals surface area (Å²) in [6.07, 6.45) is 2.90. The van der Waals surface area contributed by atoms with E-state index in [9.17, 15) is 14.7 Å². The minimum atomic E-state index is -0.546. The van der Waals surface area contributed by atoms with Crippen molar-refractivity contribution in [2.45, 2.75) is 46.0 Å². The van der Waals surface area contributed by atoms with Gasteiger partial charge >= 0.3 is 5.97 Å². The van der Waals surface area contributed by atoms with E-state index in [1.54, 1.807) is 32.0 Å². The maximum Gasteiger partial charge on any atom is 0.341 e. The summed E-state index contributed by atoms with van der Waals surface area (Å²) in [5, 5.41) is 10.1. The van der Waals surface area contributed by atoms with Crippen LogP contribution >= 0.6 is 0 Å². The largest absolute Gasteiger partial charge is 0.508 e. The molecule has 0 bridgehead atoms. The number of phenols is 1. The van der Waals surface area contributed by atoms with Crippen molar-refractivity contribution in [1.29, 1.82) is 0 Å². The van der Waals surface area contributed by atoms with Crippen molar-refractivity contribution in [2.75, 3.05) is 12.3 Å². The fourth-order valence-corrected chi connectivity index (χ4v) is 3.43. The average Bonchev–Trinajstić information content (AvgIpc) is 2.55. The Hall–Kier alpha value is -2.76. The Morgan fingerprint density at radius 1 is 1.35 bits per heavy atom. The first-order valence-corrected chi connectivity index (χ1v) is 8.88. The zero-order valence-corrected chi connectivity index (χ0v) is 15.3. The smallest absolute Gasteiger partial charge is 0.341 e. The number of nitrogens with two attached hydrogens (primary N) is 1. The molecule has 1 aliphatic rings. The van der Waals surface area contributed by atoms with Gasteiger partial charge in [-0.1, -0.05) is 12.5 Å². The van der Waals surface area contributed by atoms with Crippen molar-refractivity contribution in [3.8, 4) is 11.4 Å². The molecule has 6 nitrogen and oxygen atoms in total. The molecule has 0 radical (unpaired) electrons. The lowest BCUT2D eigenvalue weighted by Crippen LogP contribution is -2.31. The van der Waals surface area contributed by atoms with Crippen LogP contribution in [0.3, 0.4) is 0 Å². The molecule has 3 N–H and O–H groups in total. The van der Waals surface area contributed by atoms with Gasteiger partial charge in [0.25, 0.3) is 5.56 Å². The van der Waals surface area contributed by atoms with E-state index < -0.39 is 5.97 Å². The van der Waals surface area contributed by atoms with E-state index in [4.69, 9.17) is 10.5 Å². The summed E-state index contributed by atoms with van der Waals surface area (Å²) in [5.74, 6) is -0.313. The summed E-state index contributed by atoms with van der Waals surface area (Å²) in [6, 6.07) is 4.89. The summed E-state index contributed by atoms with van der Waals surface area (Å²) >= 11 is 0. The Morgan fingerprint density at radius 3 is 2.62 bits per heavy atom. The number of benzene rings is 1. The van der Waals surface area contributed by atoms with Crippen LogP contribution in [0.5, 0.6) is 5.75 Å². The lowest BCUT2D eigenvalue weighted by Gasteiger charge is -2.27. The van der Waals surface area contributed by atoms with Crippen molar-refractivity contribution in [1.82, 2.24) is 4.57 Å². The molecule has 0 spiro atoms. The molecule has 3 rings (SSSR count). The van der Waals surface area contributed by atoms with Crippen LogP contribution < -0.4 is 11.3 Å². The van der Waals surface area contributed by atoms with Crippen LogP contribution in [0.2, 0.25) is 0 Å². The van der Waals surface area contributed by atoms with E-state index in [0.29, 0.717) is 16.8 Å². The highest BCUT2D eigenvalue weighted by molar-refractivity contribution is 5.95. The quantitative estimate of drug-likeness (QED) is 0.821. The van der Waals surface area contributed by atoms with Gasteiger partial charge in [-0.2, -0.15) is 0 Å². The number of nitrogens with zero attached hydrogens (tertiary/aromatic N) is 1. The second-order valence-corrected chi connectivity index (χ2v) is 6.76. The number of esters is 1. The van der Waals surface area contributed by atoms with Gasteiger partial charge in [-0.3, -0.25) is 9.36 Å². The van der Waals surface area contributed by atoms with Crippen molar-refractivity contribution in [3.63, 3.8) is 0 Å². The third kappa shape index (κ3) is 2.85. The van der Waals surface area contributed by atoms with E-state index in [2.05, 4.69) is 0 Å². The second-order valence-electron chi connectivity index (χ2n) is 6.76. The van der Waals surface area contributed by atoms with E-state index in [1.165, 1.54) is 4.57 Å². The molecular weight excluding hydrogens is 332 g/mol. The van der Waals surface area contributed by atoms with Gasteiger partial charge in [0.15, 0.2) is 0 Å². The molecule has 1 aromatic carbocycles. The van der Waals surface area contributed by atoms with Crippen LogP contribution in [0.15, 0.2) is 23.0 Å². The summed E-state index contributed by atoms with van der Waals surface area (Å²) in [7, 11) is 0. The minimum Gasteiger partial charge on any atom is -0.508 e. The fourth-order valence-electron chi connectivity index (χ4n) is 3.43. The molecule has 1 saturated carbocycles. The number of ether oxygens (including phenoxy) is 1. The Morgan fingerprint density at radius 2 is 2.04 bits per heavy atom. The van der Waals surface area contributed by atoms with Crippen LogP contribution in [0.1, 0.15) is 59.2 Å². The number of aryl methyl sites for hydroxylation is 1. The molecule has 26 heavy (non-hydrogen) atoms. The van der Waals surface area contributed by atoms with Crippen LogP contribution in [0.25, 0.3) is 5.69 Å². The summed E-state index contributed by atoms with van der Waals surface area (Å²) in [5.41, 5.74) is 8.62. The Labute approximate surface area is 152 Å². The number of hydrogen-bond donors (Lipinski definition) is 2. The molecule has 1 aromatic heterocycles. The molecule has 0 unspecified atom stereocenters. The van der Waals surface area contributed by atoms with Crippen molar-refractivity contribution < 1.29 is 14.6 Å². The number of carbonyl (C=O) groups excluding carboxylic acids is 1. The lowest BCUT2D eigenvalue weighted by molar-refractivity contribution is 0.0526. The van der Waals surface area contributed by atoms with Crippen molar-refractivity contribution in [3.05, 3.63) is 50.8 Å². The van der Waals surface area contributed by atoms with Gasteiger partial charge in [0.05, 0.1) is 12.3 Å². The van der Waals surface area contributed by atoms with Crippen molar-refractivity contribution in [2.24, 2.45) is 0 Å². The third-order valence-corrected chi connectivity index (χ3v) is 5.13. The molecule has 1 heterocycles. The zero-order valence-electron chi connectivity index (χ0n) is 15.3. The Balaban J connectivity index is 2.34. The predicted molar refractivity (Wildman–Crippen MR) is 100 cm³/mol. The van der Waals surface area contributed by atoms with Gasteiger partial charge in [-0.25, -0.2) is 4.79 Å². The number of aromatic hydroxyl groups is 1. The maximum atomic E-state index is 13.2. The predicted octanol–water partition coefficient (Wildman–Crippen LogP) is 3.19. The van der Waals surface area contributed by atoms with Crippen LogP contribution in [0, 0.1) is 13.8 Å². The monoisotopic (exact) mass is 356 g/mol. The van der Waals surface area contributed by atoms with Crippen LogP contribution in [-0.2, 0) is 4.74 Å². The number of phenolic OH excluding ortho intramolecular Hbond substituents is 1. The average molecular weight is 356 g/mol.